The van der Waals surface area contributed by atoms with Crippen LogP contribution in [-0.2, 0) is 19.1 Å². The highest BCUT2D eigenvalue weighted by molar-refractivity contribution is 6.87. The number of hydrogen-bond acceptors (Lipinski definition) is 4. The largest absolute Gasteiger partial charge is 0.468 e. The number of carbonyl (C=O) groups is 2. The summed E-state index contributed by atoms with van der Waals surface area (Å²) < 4.78 is 9.88. The quantitative estimate of drug-likeness (QED) is 0.486. The molecule has 22 heavy (non-hydrogen) atoms. The first kappa shape index (κ1) is 16.5. The molecule has 0 unspecified atom stereocenters. The maximum absolute atomic E-state index is 12.5. The fraction of sp³-hybridized carbons (Fsp3) is 0.412. The molecule has 0 spiro atoms. The van der Waals surface area contributed by atoms with Gasteiger partial charge in [-0.3, -0.25) is 9.59 Å². The van der Waals surface area contributed by atoms with Crippen LogP contribution in [0.15, 0.2) is 29.5 Å². The first-order valence-corrected chi connectivity index (χ1v) is 10.7. The number of hydrogen-bond donors (Lipinski definition) is 0. The van der Waals surface area contributed by atoms with Gasteiger partial charge >= 0.3 is 11.9 Å². The van der Waals surface area contributed by atoms with E-state index in [-0.39, 0.29) is 0 Å². The fourth-order valence-electron chi connectivity index (χ4n) is 3.10. The molecule has 0 radical (unpaired) electrons. The average Bonchev–Trinajstić information content (AvgIpc) is 3.18. The number of aryl methyl sites for hydroxylation is 1. The van der Waals surface area contributed by atoms with Gasteiger partial charge in [-0.15, -0.1) is 0 Å². The number of benzene rings is 1. The minimum absolute atomic E-state index is 0.549. The highest BCUT2D eigenvalue weighted by Gasteiger charge is 2.70. The van der Waals surface area contributed by atoms with Crippen LogP contribution >= 0.6 is 0 Å². The van der Waals surface area contributed by atoms with E-state index in [2.05, 4.69) is 19.6 Å². The van der Waals surface area contributed by atoms with Gasteiger partial charge in [0.15, 0.2) is 0 Å². The smallest absolute Gasteiger partial charge is 0.331 e. The SMILES string of the molecule is COC(=O)C1(C(=O)OC)C(c2ccc(C)cc2)=C1[Si](C)(C)C. The van der Waals surface area contributed by atoms with E-state index in [4.69, 9.17) is 9.47 Å². The lowest BCUT2D eigenvalue weighted by atomic mass is 9.96. The van der Waals surface area contributed by atoms with Gasteiger partial charge in [0.1, 0.15) is 0 Å². The van der Waals surface area contributed by atoms with Crippen molar-refractivity contribution in [2.45, 2.75) is 26.6 Å². The van der Waals surface area contributed by atoms with Crippen LogP contribution in [0, 0.1) is 12.3 Å². The number of ether oxygens (including phenoxy) is 2. The predicted molar refractivity (Wildman–Crippen MR) is 87.9 cm³/mol. The van der Waals surface area contributed by atoms with Crippen molar-refractivity contribution in [1.82, 2.24) is 0 Å². The van der Waals surface area contributed by atoms with Crippen molar-refractivity contribution < 1.29 is 19.1 Å². The average molecular weight is 318 g/mol. The first-order valence-electron chi connectivity index (χ1n) is 7.20. The summed E-state index contributed by atoms with van der Waals surface area (Å²) in [7, 11) is 0.713. The van der Waals surface area contributed by atoms with Gasteiger partial charge in [-0.2, -0.15) is 0 Å². The molecule has 0 atom stereocenters. The Balaban J connectivity index is 2.64. The van der Waals surface area contributed by atoms with E-state index < -0.39 is 25.4 Å². The minimum atomic E-state index is -1.90. The highest BCUT2D eigenvalue weighted by atomic mass is 28.3. The zero-order chi connectivity index (χ0) is 16.7. The molecule has 0 bridgehead atoms. The normalized spacial score (nSPS) is 16.3. The lowest BCUT2D eigenvalue weighted by Crippen LogP contribution is -2.38. The van der Waals surface area contributed by atoms with Crippen LogP contribution in [0.2, 0.25) is 19.6 Å². The van der Waals surface area contributed by atoms with Crippen LogP contribution in [0.25, 0.3) is 5.57 Å². The van der Waals surface area contributed by atoms with Gasteiger partial charge in [0.05, 0.1) is 22.3 Å². The lowest BCUT2D eigenvalue weighted by Gasteiger charge is -2.20. The molecule has 0 saturated heterocycles. The highest BCUT2D eigenvalue weighted by Crippen LogP contribution is 2.63. The second-order valence-electron chi connectivity index (χ2n) is 6.60. The lowest BCUT2D eigenvalue weighted by molar-refractivity contribution is -0.159. The van der Waals surface area contributed by atoms with Gasteiger partial charge in [-0.05, 0) is 23.3 Å². The van der Waals surface area contributed by atoms with E-state index in [9.17, 15) is 9.59 Å². The van der Waals surface area contributed by atoms with Crippen LogP contribution in [0.3, 0.4) is 0 Å². The van der Waals surface area contributed by atoms with Crippen molar-refractivity contribution in [1.29, 1.82) is 0 Å². The van der Waals surface area contributed by atoms with Crippen molar-refractivity contribution in [2.75, 3.05) is 14.2 Å². The Morgan fingerprint density at radius 1 is 0.955 bits per heavy atom. The topological polar surface area (TPSA) is 52.6 Å². The molecule has 118 valence electrons. The summed E-state index contributed by atoms with van der Waals surface area (Å²) in [6.45, 7) is 8.34. The Morgan fingerprint density at radius 2 is 1.41 bits per heavy atom. The molecule has 0 saturated carbocycles. The minimum Gasteiger partial charge on any atom is -0.468 e. The molecule has 0 aromatic heterocycles. The summed E-state index contributed by atoms with van der Waals surface area (Å²) >= 11 is 0. The standard InChI is InChI=1S/C17H22O4Si/c1-11-7-9-12(10-8-11)13-14(22(4,5)6)17(13,15(18)20-2)16(19)21-3/h7-10H,1-6H3. The number of methoxy groups -OCH3 is 2. The molecule has 1 aromatic rings. The second kappa shape index (κ2) is 5.39. The summed E-state index contributed by atoms with van der Waals surface area (Å²) in [6.07, 6.45) is 0. The third-order valence-corrected chi connectivity index (χ3v) is 6.14. The first-order chi connectivity index (χ1) is 10.2. The Hall–Kier alpha value is -1.88. The maximum atomic E-state index is 12.5. The van der Waals surface area contributed by atoms with Crippen molar-refractivity contribution >= 4 is 25.6 Å². The molecule has 5 heteroatoms. The van der Waals surface area contributed by atoms with Crippen LogP contribution in [-0.4, -0.2) is 34.2 Å². The maximum Gasteiger partial charge on any atom is 0.331 e. The van der Waals surface area contributed by atoms with E-state index in [1.165, 1.54) is 14.2 Å². The summed E-state index contributed by atoms with van der Waals surface area (Å²) in [5.74, 6) is -1.10. The van der Waals surface area contributed by atoms with Crippen molar-refractivity contribution in [3.63, 3.8) is 0 Å². The Labute approximate surface area is 132 Å². The summed E-state index contributed by atoms with van der Waals surface area (Å²) in [4.78, 5) is 24.9. The Morgan fingerprint density at radius 3 is 1.77 bits per heavy atom. The molecular weight excluding hydrogens is 296 g/mol. The van der Waals surface area contributed by atoms with Gasteiger partial charge in [0.2, 0.25) is 5.41 Å². The predicted octanol–water partition coefficient (Wildman–Crippen LogP) is 2.97. The van der Waals surface area contributed by atoms with Crippen molar-refractivity contribution in [2.24, 2.45) is 5.41 Å². The van der Waals surface area contributed by atoms with E-state index in [1.54, 1.807) is 0 Å². The third-order valence-electron chi connectivity index (χ3n) is 4.01. The number of carbonyl (C=O) groups excluding carboxylic acids is 2. The van der Waals surface area contributed by atoms with Crippen molar-refractivity contribution in [3.8, 4) is 0 Å². The van der Waals surface area contributed by atoms with Crippen LogP contribution in [0.1, 0.15) is 11.1 Å². The van der Waals surface area contributed by atoms with Gasteiger partial charge < -0.3 is 9.47 Å². The molecule has 1 aliphatic carbocycles. The van der Waals surface area contributed by atoms with E-state index in [1.807, 2.05) is 31.2 Å². The van der Waals surface area contributed by atoms with Crippen LogP contribution < -0.4 is 0 Å². The monoisotopic (exact) mass is 318 g/mol. The third kappa shape index (κ3) is 2.29. The second-order valence-corrected chi connectivity index (χ2v) is 11.6. The molecule has 0 N–H and O–H groups in total. The molecule has 1 aromatic carbocycles. The van der Waals surface area contributed by atoms with Gasteiger partial charge in [0, 0.05) is 0 Å². The Bertz CT molecular complexity index is 634. The zero-order valence-corrected chi connectivity index (χ0v) is 14.9. The summed E-state index contributed by atoms with van der Waals surface area (Å²) in [5, 5.41) is 0.905. The van der Waals surface area contributed by atoms with E-state index in [0.29, 0.717) is 0 Å². The molecule has 0 aliphatic heterocycles. The van der Waals surface area contributed by atoms with Gasteiger partial charge in [0.25, 0.3) is 0 Å². The Kier molecular flexibility index (Phi) is 4.04. The van der Waals surface area contributed by atoms with Crippen LogP contribution in [0.4, 0.5) is 0 Å². The molecule has 4 nitrogen and oxygen atoms in total. The molecule has 0 heterocycles. The molecule has 2 rings (SSSR count). The molecular formula is C17H22O4Si. The van der Waals surface area contributed by atoms with Crippen molar-refractivity contribution in [3.05, 3.63) is 40.6 Å². The molecule has 1 aliphatic rings. The molecule has 0 fully saturated rings. The summed E-state index contributed by atoms with van der Waals surface area (Å²) in [6, 6.07) is 7.83. The van der Waals surface area contributed by atoms with Gasteiger partial charge in [-0.25, -0.2) is 0 Å². The fourth-order valence-corrected chi connectivity index (χ4v) is 5.57. The van der Waals surface area contributed by atoms with Crippen LogP contribution in [0.5, 0.6) is 0 Å². The van der Waals surface area contributed by atoms with E-state index in [0.717, 1.165) is 21.9 Å². The van der Waals surface area contributed by atoms with E-state index >= 15 is 0 Å². The van der Waals surface area contributed by atoms with Gasteiger partial charge in [-0.1, -0.05) is 49.5 Å². The number of rotatable bonds is 4. The number of esters is 2. The zero-order valence-electron chi connectivity index (χ0n) is 13.9. The molecule has 0 amide bonds. The summed E-state index contributed by atoms with van der Waals surface area (Å²) in [5.41, 5.74) is 1.44.